The summed E-state index contributed by atoms with van der Waals surface area (Å²) < 4.78 is 10.7. The van der Waals surface area contributed by atoms with Gasteiger partial charge in [0, 0.05) is 47.8 Å². The van der Waals surface area contributed by atoms with E-state index in [1.807, 2.05) is 30.3 Å². The van der Waals surface area contributed by atoms with Gasteiger partial charge in [-0.25, -0.2) is 0 Å². The van der Waals surface area contributed by atoms with E-state index in [0.717, 1.165) is 5.56 Å². The van der Waals surface area contributed by atoms with Crippen LogP contribution in [0.3, 0.4) is 0 Å². The molecule has 9 nitrogen and oxygen atoms in total. The highest BCUT2D eigenvalue weighted by Gasteiger charge is 2.31. The summed E-state index contributed by atoms with van der Waals surface area (Å²) in [6, 6.07) is 17.3. The van der Waals surface area contributed by atoms with Gasteiger partial charge in [0.1, 0.15) is 11.8 Å². The quantitative estimate of drug-likeness (QED) is 0.276. The molecule has 0 radical (unpaired) electrons. The van der Waals surface area contributed by atoms with Crippen LogP contribution in [-0.4, -0.2) is 48.4 Å². The zero-order chi connectivity index (χ0) is 26.9. The largest absolute Gasteiger partial charge is 0.490 e. The van der Waals surface area contributed by atoms with E-state index >= 15 is 0 Å². The minimum atomic E-state index is -0.901. The number of benzene rings is 3. The van der Waals surface area contributed by atoms with Crippen LogP contribution in [0.15, 0.2) is 66.7 Å². The number of hydrogen-bond acceptors (Lipinski definition) is 6. The summed E-state index contributed by atoms with van der Waals surface area (Å²) >= 11 is 12.8. The van der Waals surface area contributed by atoms with Crippen molar-refractivity contribution in [2.45, 2.75) is 19.0 Å². The molecule has 1 atom stereocenters. The van der Waals surface area contributed by atoms with Gasteiger partial charge in [-0.3, -0.25) is 19.7 Å². The summed E-state index contributed by atoms with van der Waals surface area (Å²) in [6.45, 7) is -0.499. The fourth-order valence-corrected chi connectivity index (χ4v) is 4.22. The Morgan fingerprint density at radius 1 is 1.05 bits per heavy atom. The number of methoxy groups -OCH3 is 1. The molecule has 0 saturated carbocycles. The van der Waals surface area contributed by atoms with E-state index in [1.54, 1.807) is 18.2 Å². The zero-order valence-electron chi connectivity index (χ0n) is 20.1. The standard InChI is InChI=1S/C26H25Cl2N3O6/c1-29-26(33)23(13-17-7-4-3-5-8-17)30(15-19-20(27)9-6-10-21(19)28)25(32)16-37-18-11-12-22(31(34)35)24(14-18)36-2/h3-12,14,23H,13,15-16H2,1-2H3,(H,29,33)/t23-/m1/s1. The minimum Gasteiger partial charge on any atom is -0.490 e. The lowest BCUT2D eigenvalue weighted by atomic mass is 10.0. The SMILES string of the molecule is CNC(=O)[C@@H](Cc1ccccc1)N(Cc1c(Cl)cccc1Cl)C(=O)COc1ccc([N+](=O)[O-])c(OC)c1. The highest BCUT2D eigenvalue weighted by molar-refractivity contribution is 6.36. The highest BCUT2D eigenvalue weighted by atomic mass is 35.5. The molecular weight excluding hydrogens is 521 g/mol. The van der Waals surface area contributed by atoms with Crippen LogP contribution in [0.1, 0.15) is 11.1 Å². The number of carbonyl (C=O) groups excluding carboxylic acids is 2. The fraction of sp³-hybridized carbons (Fsp3) is 0.231. The summed E-state index contributed by atoms with van der Waals surface area (Å²) in [4.78, 5) is 38.4. The number of halogens is 2. The Bertz CT molecular complexity index is 1250. The monoisotopic (exact) mass is 545 g/mol. The second-order valence-electron chi connectivity index (χ2n) is 7.92. The molecule has 0 heterocycles. The Morgan fingerprint density at radius 3 is 2.32 bits per heavy atom. The molecule has 0 saturated heterocycles. The molecule has 0 unspecified atom stereocenters. The molecule has 3 rings (SSSR count). The van der Waals surface area contributed by atoms with Gasteiger partial charge >= 0.3 is 5.69 Å². The van der Waals surface area contributed by atoms with Crippen molar-refractivity contribution in [1.29, 1.82) is 0 Å². The smallest absolute Gasteiger partial charge is 0.311 e. The predicted molar refractivity (Wildman–Crippen MR) is 140 cm³/mol. The Balaban J connectivity index is 1.92. The van der Waals surface area contributed by atoms with Gasteiger partial charge in [0.25, 0.3) is 5.91 Å². The van der Waals surface area contributed by atoms with Crippen molar-refractivity contribution < 1.29 is 24.0 Å². The zero-order valence-corrected chi connectivity index (χ0v) is 21.7. The second-order valence-corrected chi connectivity index (χ2v) is 8.74. The Labute approximate surface area is 224 Å². The third kappa shape index (κ3) is 7.12. The number of nitrogens with zero attached hydrogens (tertiary/aromatic N) is 2. The number of nitro benzene ring substituents is 1. The van der Waals surface area contributed by atoms with Crippen LogP contribution >= 0.6 is 23.2 Å². The van der Waals surface area contributed by atoms with Crippen LogP contribution in [-0.2, 0) is 22.6 Å². The van der Waals surface area contributed by atoms with Crippen LogP contribution in [0, 0.1) is 10.1 Å². The summed E-state index contributed by atoms with van der Waals surface area (Å²) in [7, 11) is 2.79. The van der Waals surface area contributed by atoms with Crippen LogP contribution in [0.4, 0.5) is 5.69 Å². The first-order valence-electron chi connectivity index (χ1n) is 11.2. The van der Waals surface area contributed by atoms with E-state index in [0.29, 0.717) is 15.6 Å². The second kappa shape index (κ2) is 12.9. The first kappa shape index (κ1) is 27.8. The van der Waals surface area contributed by atoms with Crippen molar-refractivity contribution in [3.8, 4) is 11.5 Å². The minimum absolute atomic E-state index is 0.0121. The molecule has 194 valence electrons. The van der Waals surface area contributed by atoms with Gasteiger partial charge in [-0.1, -0.05) is 59.6 Å². The first-order valence-corrected chi connectivity index (χ1v) is 11.9. The summed E-state index contributed by atoms with van der Waals surface area (Å²) in [5.74, 6) is -0.719. The molecule has 11 heteroatoms. The summed E-state index contributed by atoms with van der Waals surface area (Å²) in [5.41, 5.74) is 1.09. The van der Waals surface area contributed by atoms with Crippen LogP contribution in [0.25, 0.3) is 0 Å². The maximum Gasteiger partial charge on any atom is 0.311 e. The predicted octanol–water partition coefficient (Wildman–Crippen LogP) is 4.68. The number of carbonyl (C=O) groups is 2. The maximum atomic E-state index is 13.5. The molecule has 1 N–H and O–H groups in total. The molecule has 3 aromatic rings. The van der Waals surface area contributed by atoms with E-state index in [1.165, 1.54) is 37.3 Å². The highest BCUT2D eigenvalue weighted by Crippen LogP contribution is 2.31. The van der Waals surface area contributed by atoms with Crippen molar-refractivity contribution in [2.75, 3.05) is 20.8 Å². The molecule has 0 aromatic heterocycles. The van der Waals surface area contributed by atoms with Gasteiger partial charge in [-0.15, -0.1) is 0 Å². The van der Waals surface area contributed by atoms with Gasteiger partial charge in [-0.2, -0.15) is 0 Å². The molecule has 0 fully saturated rings. The first-order chi connectivity index (χ1) is 17.7. The Hall–Kier alpha value is -3.82. The Kier molecular flexibility index (Phi) is 9.71. The van der Waals surface area contributed by atoms with Crippen LogP contribution < -0.4 is 14.8 Å². The van der Waals surface area contributed by atoms with E-state index < -0.39 is 23.5 Å². The summed E-state index contributed by atoms with van der Waals surface area (Å²) in [5, 5.41) is 14.5. The van der Waals surface area contributed by atoms with Crippen molar-refractivity contribution in [2.24, 2.45) is 0 Å². The lowest BCUT2D eigenvalue weighted by Gasteiger charge is -2.31. The topological polar surface area (TPSA) is 111 Å². The maximum absolute atomic E-state index is 13.5. The average molecular weight is 546 g/mol. The number of ether oxygens (including phenoxy) is 2. The van der Waals surface area contributed by atoms with Crippen molar-refractivity contribution >= 4 is 40.7 Å². The number of amides is 2. The van der Waals surface area contributed by atoms with E-state index in [2.05, 4.69) is 5.32 Å². The van der Waals surface area contributed by atoms with E-state index in [4.69, 9.17) is 32.7 Å². The van der Waals surface area contributed by atoms with Gasteiger partial charge in [0.2, 0.25) is 11.7 Å². The molecule has 0 spiro atoms. The number of hydrogen-bond donors (Lipinski definition) is 1. The van der Waals surface area contributed by atoms with Crippen LogP contribution in [0.2, 0.25) is 10.0 Å². The number of likely N-dealkylation sites (N-methyl/N-ethyl adjacent to an activating group) is 1. The molecule has 37 heavy (non-hydrogen) atoms. The van der Waals surface area contributed by atoms with Crippen molar-refractivity contribution in [1.82, 2.24) is 10.2 Å². The summed E-state index contributed by atoms with van der Waals surface area (Å²) in [6.07, 6.45) is 0.236. The van der Waals surface area contributed by atoms with Crippen molar-refractivity contribution in [3.63, 3.8) is 0 Å². The molecule has 0 aliphatic rings. The molecular formula is C26H25Cl2N3O6. The molecule has 0 bridgehead atoms. The van der Waals surface area contributed by atoms with Crippen LogP contribution in [0.5, 0.6) is 11.5 Å². The van der Waals surface area contributed by atoms with Gasteiger partial charge in [0.05, 0.1) is 12.0 Å². The van der Waals surface area contributed by atoms with E-state index in [-0.39, 0.29) is 36.1 Å². The van der Waals surface area contributed by atoms with Gasteiger partial charge < -0.3 is 19.7 Å². The lowest BCUT2D eigenvalue weighted by Crippen LogP contribution is -2.51. The molecule has 0 aliphatic carbocycles. The molecule has 0 aliphatic heterocycles. The number of rotatable bonds is 11. The van der Waals surface area contributed by atoms with Gasteiger partial charge in [-0.05, 0) is 23.8 Å². The number of nitrogens with one attached hydrogen (secondary N) is 1. The third-order valence-electron chi connectivity index (χ3n) is 5.62. The molecule has 3 aromatic carbocycles. The third-order valence-corrected chi connectivity index (χ3v) is 6.33. The number of nitro groups is 1. The van der Waals surface area contributed by atoms with Crippen molar-refractivity contribution in [3.05, 3.63) is 98.0 Å². The van der Waals surface area contributed by atoms with E-state index in [9.17, 15) is 19.7 Å². The van der Waals surface area contributed by atoms with Gasteiger partial charge in [0.15, 0.2) is 6.61 Å². The average Bonchev–Trinajstić information content (AvgIpc) is 2.90. The normalized spacial score (nSPS) is 11.4. The fourth-order valence-electron chi connectivity index (χ4n) is 3.70. The molecule has 2 amide bonds. The lowest BCUT2D eigenvalue weighted by molar-refractivity contribution is -0.385. The Morgan fingerprint density at radius 2 is 1.73 bits per heavy atom.